The number of nitrogens with one attached hydrogen (secondary N) is 1. The van der Waals surface area contributed by atoms with Gasteiger partial charge in [-0.1, -0.05) is 36.4 Å². The Labute approximate surface area is 312 Å². The molecular weight excluding hydrogens is 717 g/mol. The third-order valence-corrected chi connectivity index (χ3v) is 9.22. The fourth-order valence-electron chi connectivity index (χ4n) is 5.30. The van der Waals surface area contributed by atoms with Crippen LogP contribution in [-0.4, -0.2) is 71.6 Å². The number of hydrogen-bond donors (Lipinski definition) is 2. The molecule has 17 heteroatoms. The Hall–Kier alpha value is -6.07. The largest absolute Gasteiger partial charge is 0.459 e. The molecule has 2 amide bonds. The van der Waals surface area contributed by atoms with Gasteiger partial charge < -0.3 is 24.4 Å². The van der Waals surface area contributed by atoms with Gasteiger partial charge in [0.15, 0.2) is 6.04 Å². The lowest BCUT2D eigenvalue weighted by molar-refractivity contribution is -0.148. The summed E-state index contributed by atoms with van der Waals surface area (Å²) < 4.78 is 43.2. The molecule has 0 aliphatic heterocycles. The Morgan fingerprint density at radius 2 is 1.67 bits per heavy atom. The van der Waals surface area contributed by atoms with Crippen molar-refractivity contribution in [2.75, 3.05) is 23.5 Å². The fraction of sp³-hybridized carbons (Fsp3) is 0.297. The molecule has 0 fully saturated rings. The summed E-state index contributed by atoms with van der Waals surface area (Å²) in [6.07, 6.45) is -0.650. The van der Waals surface area contributed by atoms with Crippen molar-refractivity contribution in [1.82, 2.24) is 25.1 Å². The van der Waals surface area contributed by atoms with E-state index >= 15 is 0 Å². The fourth-order valence-corrected chi connectivity index (χ4v) is 6.10. The van der Waals surface area contributed by atoms with Gasteiger partial charge in [0.2, 0.25) is 16.0 Å². The molecule has 0 aliphatic carbocycles. The van der Waals surface area contributed by atoms with Crippen LogP contribution in [0.2, 0.25) is 0 Å². The molecule has 16 nitrogen and oxygen atoms in total. The Kier molecular flexibility index (Phi) is 11.5. The number of rotatable bonds is 11. The van der Waals surface area contributed by atoms with Crippen molar-refractivity contribution in [2.45, 2.75) is 57.8 Å². The highest BCUT2D eigenvalue weighted by molar-refractivity contribution is 7.89. The van der Waals surface area contributed by atoms with E-state index in [2.05, 4.69) is 20.4 Å². The maximum atomic E-state index is 14.1. The molecule has 2 aromatic heterocycles. The smallest absolute Gasteiger partial charge is 0.421 e. The predicted molar refractivity (Wildman–Crippen MR) is 201 cm³/mol. The van der Waals surface area contributed by atoms with Gasteiger partial charge in [0.1, 0.15) is 24.6 Å². The van der Waals surface area contributed by atoms with Crippen LogP contribution < -0.4 is 20.3 Å². The zero-order valence-corrected chi connectivity index (χ0v) is 31.7. The number of primary sulfonamides is 1. The molecule has 2 heterocycles. The third kappa shape index (κ3) is 9.47. The summed E-state index contributed by atoms with van der Waals surface area (Å²) in [5.74, 6) is -0.750. The number of alkyl carbamates (subject to hydrolysis) is 1. The molecule has 0 bridgehead atoms. The highest BCUT2D eigenvalue weighted by Crippen LogP contribution is 2.31. The van der Waals surface area contributed by atoms with Gasteiger partial charge in [-0.25, -0.2) is 37.8 Å². The van der Waals surface area contributed by atoms with Gasteiger partial charge in [-0.3, -0.25) is 4.68 Å². The molecule has 0 spiro atoms. The molecule has 284 valence electrons. The minimum Gasteiger partial charge on any atom is -0.459 e. The number of hydrogen-bond acceptors (Lipinski definition) is 12. The van der Waals surface area contributed by atoms with Gasteiger partial charge in [0.25, 0.3) is 0 Å². The lowest BCUT2D eigenvalue weighted by atomic mass is 10.2. The predicted octanol–water partition coefficient (Wildman–Crippen LogP) is 5.31. The molecule has 0 saturated carbocycles. The zero-order chi connectivity index (χ0) is 39.4. The number of carbonyl (C=O) groups is 3. The number of benzene rings is 3. The van der Waals surface area contributed by atoms with Crippen LogP contribution in [-0.2, 0) is 42.7 Å². The first kappa shape index (κ1) is 39.1. The van der Waals surface area contributed by atoms with E-state index in [1.807, 2.05) is 38.2 Å². The SMILES string of the molecule is Cc1ccc(N(C(=O)OC[C@H](NC(=O)OC(C)(C)C)C(=O)OCc2ccccc2)c2nccc(N(C)c3ccc4c(C)n(C)nc4c3)n2)cc1S(N)(=O)=O. The number of nitrogens with zero attached hydrogens (tertiary/aromatic N) is 6. The number of amides is 2. The van der Waals surface area contributed by atoms with Crippen molar-refractivity contribution in [3.8, 4) is 0 Å². The summed E-state index contributed by atoms with van der Waals surface area (Å²) in [4.78, 5) is 51.5. The molecule has 0 radical (unpaired) electrons. The Bertz CT molecular complexity index is 2290. The van der Waals surface area contributed by atoms with Crippen LogP contribution in [0, 0.1) is 13.8 Å². The van der Waals surface area contributed by atoms with Gasteiger partial charge >= 0.3 is 18.2 Å². The number of sulfonamides is 1. The van der Waals surface area contributed by atoms with E-state index in [1.54, 1.807) is 74.7 Å². The van der Waals surface area contributed by atoms with Crippen LogP contribution >= 0.6 is 0 Å². The summed E-state index contributed by atoms with van der Waals surface area (Å²) in [6, 6.07) is 18.8. The topological polar surface area (TPSA) is 201 Å². The van der Waals surface area contributed by atoms with Gasteiger partial charge in [-0.05, 0) is 82.1 Å². The van der Waals surface area contributed by atoms with Crippen LogP contribution in [0.15, 0.2) is 83.9 Å². The van der Waals surface area contributed by atoms with Crippen molar-refractivity contribution in [3.63, 3.8) is 0 Å². The number of anilines is 4. The zero-order valence-electron chi connectivity index (χ0n) is 30.9. The lowest BCUT2D eigenvalue weighted by Crippen LogP contribution is -2.47. The summed E-state index contributed by atoms with van der Waals surface area (Å²) >= 11 is 0. The number of carbonyl (C=O) groups excluding carboxylic acids is 3. The van der Waals surface area contributed by atoms with Crippen molar-refractivity contribution < 1.29 is 37.0 Å². The highest BCUT2D eigenvalue weighted by Gasteiger charge is 2.31. The van der Waals surface area contributed by atoms with Gasteiger partial charge in [-0.2, -0.15) is 10.1 Å². The summed E-state index contributed by atoms with van der Waals surface area (Å²) in [5.41, 5.74) is 2.60. The Morgan fingerprint density at radius 3 is 2.35 bits per heavy atom. The van der Waals surface area contributed by atoms with E-state index in [9.17, 15) is 22.8 Å². The minimum atomic E-state index is -4.23. The Morgan fingerprint density at radius 1 is 0.963 bits per heavy atom. The van der Waals surface area contributed by atoms with Crippen molar-refractivity contribution in [1.29, 1.82) is 0 Å². The van der Waals surface area contributed by atoms with Crippen LogP contribution in [0.1, 0.15) is 37.6 Å². The maximum Gasteiger partial charge on any atom is 0.421 e. The van der Waals surface area contributed by atoms with Gasteiger partial charge in [-0.15, -0.1) is 0 Å². The average Bonchev–Trinajstić information content (AvgIpc) is 3.40. The number of aromatic nitrogens is 4. The summed E-state index contributed by atoms with van der Waals surface area (Å²) in [7, 11) is -0.599. The van der Waals surface area contributed by atoms with E-state index < -0.39 is 46.4 Å². The van der Waals surface area contributed by atoms with Crippen molar-refractivity contribution in [3.05, 3.63) is 95.8 Å². The van der Waals surface area contributed by atoms with Crippen LogP contribution in [0.4, 0.5) is 32.7 Å². The molecule has 1 atom stereocenters. The lowest BCUT2D eigenvalue weighted by Gasteiger charge is -2.25. The number of ether oxygens (including phenoxy) is 3. The molecule has 0 saturated heterocycles. The average molecular weight is 759 g/mol. The first-order chi connectivity index (χ1) is 25.4. The van der Waals surface area contributed by atoms with Gasteiger partial charge in [0, 0.05) is 37.1 Å². The number of nitrogens with two attached hydrogens (primary N) is 1. The quantitative estimate of drug-likeness (QED) is 0.130. The monoisotopic (exact) mass is 758 g/mol. The van der Waals surface area contributed by atoms with E-state index in [4.69, 9.17) is 19.3 Å². The number of esters is 1. The highest BCUT2D eigenvalue weighted by atomic mass is 32.2. The van der Waals surface area contributed by atoms with Crippen molar-refractivity contribution in [2.24, 2.45) is 12.2 Å². The molecule has 3 aromatic carbocycles. The van der Waals surface area contributed by atoms with E-state index in [-0.39, 0.29) is 23.1 Å². The maximum absolute atomic E-state index is 14.1. The van der Waals surface area contributed by atoms with Crippen LogP contribution in [0.5, 0.6) is 0 Å². The summed E-state index contributed by atoms with van der Waals surface area (Å²) in [6.45, 7) is 7.63. The normalized spacial score (nSPS) is 12.1. The van der Waals surface area contributed by atoms with Crippen molar-refractivity contribution >= 4 is 62.2 Å². The first-order valence-corrected chi connectivity index (χ1v) is 18.3. The minimum absolute atomic E-state index is 0.0110. The second-order valence-electron chi connectivity index (χ2n) is 13.4. The molecular formula is C37H42N8O8S. The molecule has 54 heavy (non-hydrogen) atoms. The molecule has 3 N–H and O–H groups in total. The number of fused-ring (bicyclic) bond motifs is 1. The third-order valence-electron chi connectivity index (χ3n) is 8.17. The molecule has 0 unspecified atom stereocenters. The first-order valence-electron chi connectivity index (χ1n) is 16.7. The Balaban J connectivity index is 1.48. The second-order valence-corrected chi connectivity index (χ2v) is 14.9. The molecule has 0 aliphatic rings. The summed E-state index contributed by atoms with van der Waals surface area (Å²) in [5, 5.41) is 13.5. The van der Waals surface area contributed by atoms with E-state index in [0.29, 0.717) is 16.9 Å². The van der Waals surface area contributed by atoms with Crippen LogP contribution in [0.25, 0.3) is 10.9 Å². The number of aryl methyl sites for hydroxylation is 3. The molecule has 5 rings (SSSR count). The standard InChI is InChI=1S/C37H42N8O8S/c1-23-13-14-27(20-31(23)54(38,49)50)45(34-39-18-17-32(41-34)43(6)26-15-16-28-24(2)44(7)42-29(28)19-26)36(48)52-22-30(40-35(47)53-37(3,4)5)33(46)51-21-25-11-9-8-10-12-25/h8-20,30H,21-22H2,1-7H3,(H,40,47)(H2,38,49,50)/t30-/m0/s1. The second kappa shape index (κ2) is 15.9. The van der Waals surface area contributed by atoms with E-state index in [0.717, 1.165) is 27.2 Å². The van der Waals surface area contributed by atoms with E-state index in [1.165, 1.54) is 24.4 Å². The van der Waals surface area contributed by atoms with Gasteiger partial charge in [0.05, 0.1) is 16.1 Å². The molecule has 5 aromatic rings. The van der Waals surface area contributed by atoms with Crippen LogP contribution in [0.3, 0.4) is 0 Å².